The first-order valence-corrected chi connectivity index (χ1v) is 8.27. The maximum atomic E-state index is 14.3. The summed E-state index contributed by atoms with van der Waals surface area (Å²) in [6.07, 6.45) is 5.78. The van der Waals surface area contributed by atoms with Crippen LogP contribution in [0, 0.1) is 17.6 Å². The van der Waals surface area contributed by atoms with Crippen molar-refractivity contribution in [2.75, 3.05) is 20.3 Å². The third-order valence-corrected chi connectivity index (χ3v) is 4.56. The van der Waals surface area contributed by atoms with E-state index in [1.54, 1.807) is 19.2 Å². The van der Waals surface area contributed by atoms with E-state index in [1.807, 2.05) is 6.92 Å². The molecule has 0 amide bonds. The first-order valence-electron chi connectivity index (χ1n) is 8.27. The average Bonchev–Trinajstić information content (AvgIpc) is 2.55. The van der Waals surface area contributed by atoms with Gasteiger partial charge in [-0.15, -0.1) is 0 Å². The molecule has 2 nitrogen and oxygen atoms in total. The molecule has 0 radical (unpaired) electrons. The van der Waals surface area contributed by atoms with Gasteiger partial charge in [0, 0.05) is 13.7 Å². The minimum atomic E-state index is -0.840. The Morgan fingerprint density at radius 1 is 1.05 bits per heavy atom. The molecule has 1 aromatic carbocycles. The summed E-state index contributed by atoms with van der Waals surface area (Å²) in [5.41, 5.74) is 0.506. The van der Waals surface area contributed by atoms with Crippen LogP contribution >= 0.6 is 0 Å². The molecule has 0 saturated heterocycles. The molecule has 4 heteroatoms. The van der Waals surface area contributed by atoms with Crippen molar-refractivity contribution in [3.05, 3.63) is 29.3 Å². The Labute approximate surface area is 131 Å². The van der Waals surface area contributed by atoms with Gasteiger partial charge in [-0.25, -0.2) is 4.39 Å². The Kier molecular flexibility index (Phi) is 6.62. The number of ether oxygens (including phenoxy) is 2. The van der Waals surface area contributed by atoms with E-state index in [1.165, 1.54) is 0 Å². The second-order valence-electron chi connectivity index (χ2n) is 6.13. The summed E-state index contributed by atoms with van der Waals surface area (Å²) in [7, 11) is 1.71. The molecule has 0 unspecified atom stereocenters. The third-order valence-electron chi connectivity index (χ3n) is 4.56. The molecule has 1 saturated carbocycles. The highest BCUT2D eigenvalue weighted by atomic mass is 19.2. The summed E-state index contributed by atoms with van der Waals surface area (Å²) < 4.78 is 38.7. The zero-order valence-electron chi connectivity index (χ0n) is 13.5. The molecule has 0 heterocycles. The molecule has 1 aromatic rings. The Balaban J connectivity index is 2.00. The van der Waals surface area contributed by atoms with E-state index in [2.05, 4.69) is 0 Å². The Morgan fingerprint density at radius 2 is 1.77 bits per heavy atom. The van der Waals surface area contributed by atoms with Crippen molar-refractivity contribution < 1.29 is 18.3 Å². The summed E-state index contributed by atoms with van der Waals surface area (Å²) in [4.78, 5) is 0. The highest BCUT2D eigenvalue weighted by Gasteiger charge is 2.26. The fourth-order valence-electron chi connectivity index (χ4n) is 3.23. The predicted octanol–water partition coefficient (Wildman–Crippen LogP) is 5.06. The Hall–Kier alpha value is -1.16. The lowest BCUT2D eigenvalue weighted by Crippen LogP contribution is -2.16. The SMILES string of the molecule is CCCOc1ccc(C2CCC(CCOC)CC2)c(F)c1F. The van der Waals surface area contributed by atoms with E-state index < -0.39 is 11.6 Å². The minimum Gasteiger partial charge on any atom is -0.490 e. The van der Waals surface area contributed by atoms with Crippen LogP contribution in [-0.2, 0) is 4.74 Å². The lowest BCUT2D eigenvalue weighted by Gasteiger charge is -2.29. The molecule has 22 heavy (non-hydrogen) atoms. The quantitative estimate of drug-likeness (QED) is 0.700. The van der Waals surface area contributed by atoms with Gasteiger partial charge in [-0.2, -0.15) is 4.39 Å². The van der Waals surface area contributed by atoms with Gasteiger partial charge < -0.3 is 9.47 Å². The van der Waals surface area contributed by atoms with Crippen molar-refractivity contribution in [3.63, 3.8) is 0 Å². The Bertz CT molecular complexity index is 468. The van der Waals surface area contributed by atoms with Crippen LogP contribution in [0.15, 0.2) is 12.1 Å². The number of rotatable bonds is 7. The second kappa shape index (κ2) is 8.47. The van der Waals surface area contributed by atoms with Crippen LogP contribution < -0.4 is 4.74 Å². The van der Waals surface area contributed by atoms with Crippen molar-refractivity contribution in [1.82, 2.24) is 0 Å². The molecule has 0 spiro atoms. The molecule has 1 aliphatic rings. The third kappa shape index (κ3) is 4.19. The van der Waals surface area contributed by atoms with Crippen molar-refractivity contribution in [2.24, 2.45) is 5.92 Å². The van der Waals surface area contributed by atoms with Crippen LogP contribution in [0.2, 0.25) is 0 Å². The Morgan fingerprint density at radius 3 is 2.41 bits per heavy atom. The fourth-order valence-corrected chi connectivity index (χ4v) is 3.23. The summed E-state index contributed by atoms with van der Waals surface area (Å²) in [6.45, 7) is 3.12. The smallest absolute Gasteiger partial charge is 0.200 e. The van der Waals surface area contributed by atoms with Gasteiger partial charge in [0.2, 0.25) is 5.82 Å². The molecular formula is C18H26F2O2. The second-order valence-corrected chi connectivity index (χ2v) is 6.13. The molecular weight excluding hydrogens is 286 g/mol. The first-order chi connectivity index (χ1) is 10.7. The van der Waals surface area contributed by atoms with Crippen molar-refractivity contribution in [1.29, 1.82) is 0 Å². The van der Waals surface area contributed by atoms with Crippen LogP contribution in [0.3, 0.4) is 0 Å². The number of benzene rings is 1. The van der Waals surface area contributed by atoms with Gasteiger partial charge in [-0.3, -0.25) is 0 Å². The van der Waals surface area contributed by atoms with Crippen LogP contribution in [0.25, 0.3) is 0 Å². The van der Waals surface area contributed by atoms with Gasteiger partial charge in [-0.1, -0.05) is 13.0 Å². The van der Waals surface area contributed by atoms with Crippen LogP contribution in [0.1, 0.15) is 56.9 Å². The maximum absolute atomic E-state index is 14.3. The molecule has 0 N–H and O–H groups in total. The summed E-state index contributed by atoms with van der Waals surface area (Å²) >= 11 is 0. The average molecular weight is 312 g/mol. The van der Waals surface area contributed by atoms with E-state index >= 15 is 0 Å². The topological polar surface area (TPSA) is 18.5 Å². The van der Waals surface area contributed by atoms with E-state index in [9.17, 15) is 8.78 Å². The molecule has 0 bridgehead atoms. The molecule has 1 fully saturated rings. The predicted molar refractivity (Wildman–Crippen MR) is 83.3 cm³/mol. The van der Waals surface area contributed by atoms with Gasteiger partial charge in [-0.05, 0) is 62.0 Å². The van der Waals surface area contributed by atoms with Gasteiger partial charge >= 0.3 is 0 Å². The summed E-state index contributed by atoms with van der Waals surface area (Å²) in [6, 6.07) is 3.27. The maximum Gasteiger partial charge on any atom is 0.200 e. The van der Waals surface area contributed by atoms with Crippen molar-refractivity contribution in [3.8, 4) is 5.75 Å². The van der Waals surface area contributed by atoms with Crippen LogP contribution in [-0.4, -0.2) is 20.3 Å². The number of halogens is 2. The number of methoxy groups -OCH3 is 1. The zero-order chi connectivity index (χ0) is 15.9. The lowest BCUT2D eigenvalue weighted by molar-refractivity contribution is 0.162. The fraction of sp³-hybridized carbons (Fsp3) is 0.667. The standard InChI is InChI=1S/C18H26F2O2/c1-3-11-22-16-9-8-15(17(19)18(16)20)14-6-4-13(5-7-14)10-12-21-2/h8-9,13-14H,3-7,10-12H2,1-2H3. The monoisotopic (exact) mass is 312 g/mol. The van der Waals surface area contributed by atoms with E-state index in [0.717, 1.165) is 45.1 Å². The zero-order valence-corrected chi connectivity index (χ0v) is 13.5. The summed E-state index contributed by atoms with van der Waals surface area (Å²) in [5, 5.41) is 0. The molecule has 124 valence electrons. The minimum absolute atomic E-state index is 0.0249. The highest BCUT2D eigenvalue weighted by molar-refractivity contribution is 5.33. The largest absolute Gasteiger partial charge is 0.490 e. The molecule has 0 aromatic heterocycles. The number of hydrogen-bond acceptors (Lipinski definition) is 2. The van der Waals surface area contributed by atoms with Gasteiger partial charge in [0.25, 0.3) is 0 Å². The molecule has 1 aliphatic carbocycles. The highest BCUT2D eigenvalue weighted by Crippen LogP contribution is 2.39. The first kappa shape index (κ1) is 17.2. The lowest BCUT2D eigenvalue weighted by atomic mass is 9.77. The summed E-state index contributed by atoms with van der Waals surface area (Å²) in [5.74, 6) is -0.775. The van der Waals surface area contributed by atoms with Crippen LogP contribution in [0.5, 0.6) is 5.75 Å². The number of hydrogen-bond donors (Lipinski definition) is 0. The van der Waals surface area contributed by atoms with E-state index in [4.69, 9.17) is 9.47 Å². The van der Waals surface area contributed by atoms with Gasteiger partial charge in [0.15, 0.2) is 11.6 Å². The van der Waals surface area contributed by atoms with E-state index in [-0.39, 0.29) is 11.7 Å². The van der Waals surface area contributed by atoms with E-state index in [0.29, 0.717) is 18.1 Å². The van der Waals surface area contributed by atoms with Gasteiger partial charge in [0.05, 0.1) is 6.61 Å². The van der Waals surface area contributed by atoms with Crippen molar-refractivity contribution in [2.45, 2.75) is 51.4 Å². The molecule has 0 atom stereocenters. The molecule has 0 aliphatic heterocycles. The molecule has 2 rings (SSSR count). The van der Waals surface area contributed by atoms with Crippen molar-refractivity contribution >= 4 is 0 Å². The van der Waals surface area contributed by atoms with Crippen LogP contribution in [0.4, 0.5) is 8.78 Å². The van der Waals surface area contributed by atoms with Gasteiger partial charge in [0.1, 0.15) is 0 Å². The normalized spacial score (nSPS) is 21.8.